The second-order valence-corrected chi connectivity index (χ2v) is 6.38. The molecule has 20 heavy (non-hydrogen) atoms. The van der Waals surface area contributed by atoms with E-state index < -0.39 is 0 Å². The molecule has 0 spiro atoms. The molecule has 0 heterocycles. The molecule has 0 bridgehead atoms. The van der Waals surface area contributed by atoms with E-state index in [9.17, 15) is 5.11 Å². The van der Waals surface area contributed by atoms with Crippen LogP contribution in [0.2, 0.25) is 0 Å². The number of aryl methyl sites for hydroxylation is 1. The van der Waals surface area contributed by atoms with E-state index in [1.807, 2.05) is 0 Å². The van der Waals surface area contributed by atoms with Crippen LogP contribution in [0.4, 0.5) is 5.69 Å². The average Bonchev–Trinajstić information content (AvgIpc) is 2.38. The zero-order valence-corrected chi connectivity index (χ0v) is 13.6. The van der Waals surface area contributed by atoms with Crippen LogP contribution in [0.1, 0.15) is 39.2 Å². The van der Waals surface area contributed by atoms with Crippen LogP contribution >= 0.6 is 0 Å². The van der Waals surface area contributed by atoms with Gasteiger partial charge < -0.3 is 15.3 Å². The summed E-state index contributed by atoms with van der Waals surface area (Å²) in [7, 11) is 2.12. The number of nitrogens with zero attached hydrogens (tertiary/aromatic N) is 1. The van der Waals surface area contributed by atoms with Crippen LogP contribution in [0, 0.1) is 6.92 Å². The molecule has 114 valence electrons. The summed E-state index contributed by atoms with van der Waals surface area (Å²) in [6, 6.07) is 9.00. The fourth-order valence-corrected chi connectivity index (χ4v) is 2.53. The molecule has 0 aliphatic heterocycles. The molecular weight excluding hydrogens is 248 g/mol. The minimum absolute atomic E-state index is 0.178. The van der Waals surface area contributed by atoms with Crippen molar-refractivity contribution in [1.82, 2.24) is 5.32 Å². The Bertz CT molecular complexity index is 388. The molecule has 0 aromatic heterocycles. The van der Waals surface area contributed by atoms with Crippen molar-refractivity contribution in [2.24, 2.45) is 0 Å². The maximum atomic E-state index is 9.57. The van der Waals surface area contributed by atoms with Gasteiger partial charge in [-0.3, -0.25) is 0 Å². The summed E-state index contributed by atoms with van der Waals surface area (Å²) in [5, 5.41) is 13.0. The average molecular weight is 278 g/mol. The molecule has 0 amide bonds. The number of aliphatic hydroxyl groups is 1. The van der Waals surface area contributed by atoms with Gasteiger partial charge >= 0.3 is 0 Å². The van der Waals surface area contributed by atoms with E-state index in [2.05, 4.69) is 69.2 Å². The van der Waals surface area contributed by atoms with Gasteiger partial charge in [-0.2, -0.15) is 0 Å². The highest BCUT2D eigenvalue weighted by Gasteiger charge is 2.23. The zero-order chi connectivity index (χ0) is 15.2. The largest absolute Gasteiger partial charge is 0.394 e. The Morgan fingerprint density at radius 3 is 2.35 bits per heavy atom. The van der Waals surface area contributed by atoms with Gasteiger partial charge in [0.15, 0.2) is 0 Å². The highest BCUT2D eigenvalue weighted by molar-refractivity contribution is 5.46. The molecule has 0 saturated carbocycles. The standard InChI is InChI=1S/C17H30N2O/c1-14(2)18-17(4,13-20)11-6-12-19(5)16-9-7-15(3)8-10-16/h7-10,14,18,20H,6,11-13H2,1-5H3. The molecule has 3 heteroatoms. The summed E-state index contributed by atoms with van der Waals surface area (Å²) >= 11 is 0. The number of nitrogens with one attached hydrogen (secondary N) is 1. The van der Waals surface area contributed by atoms with Gasteiger partial charge in [-0.25, -0.2) is 0 Å². The van der Waals surface area contributed by atoms with Gasteiger partial charge in [0.05, 0.1) is 6.61 Å². The van der Waals surface area contributed by atoms with E-state index in [1.165, 1.54) is 11.3 Å². The molecular formula is C17H30N2O. The maximum absolute atomic E-state index is 9.57. The lowest BCUT2D eigenvalue weighted by atomic mass is 9.95. The highest BCUT2D eigenvalue weighted by Crippen LogP contribution is 2.17. The van der Waals surface area contributed by atoms with E-state index >= 15 is 0 Å². The number of benzene rings is 1. The lowest BCUT2D eigenvalue weighted by Gasteiger charge is -2.32. The Balaban J connectivity index is 2.44. The molecule has 2 N–H and O–H groups in total. The topological polar surface area (TPSA) is 35.5 Å². The van der Waals surface area contributed by atoms with Gasteiger partial charge in [0.1, 0.15) is 0 Å². The first-order valence-electron chi connectivity index (χ1n) is 7.53. The quantitative estimate of drug-likeness (QED) is 0.767. The van der Waals surface area contributed by atoms with Crippen molar-refractivity contribution >= 4 is 5.69 Å². The summed E-state index contributed by atoms with van der Waals surface area (Å²) in [5.41, 5.74) is 2.36. The van der Waals surface area contributed by atoms with Crippen molar-refractivity contribution in [1.29, 1.82) is 0 Å². The summed E-state index contributed by atoms with van der Waals surface area (Å²) in [5.74, 6) is 0. The lowest BCUT2D eigenvalue weighted by Crippen LogP contribution is -2.49. The summed E-state index contributed by atoms with van der Waals surface area (Å²) in [6.07, 6.45) is 2.03. The smallest absolute Gasteiger partial charge is 0.0610 e. The molecule has 1 rings (SSSR count). The zero-order valence-electron chi connectivity index (χ0n) is 13.6. The summed E-state index contributed by atoms with van der Waals surface area (Å²) in [4.78, 5) is 2.27. The number of anilines is 1. The van der Waals surface area contributed by atoms with Crippen molar-refractivity contribution in [3.05, 3.63) is 29.8 Å². The minimum Gasteiger partial charge on any atom is -0.394 e. The summed E-state index contributed by atoms with van der Waals surface area (Å²) < 4.78 is 0. The molecule has 0 saturated heterocycles. The first-order valence-corrected chi connectivity index (χ1v) is 7.53. The van der Waals surface area contributed by atoms with Crippen molar-refractivity contribution in [3.8, 4) is 0 Å². The molecule has 1 unspecified atom stereocenters. The van der Waals surface area contributed by atoms with E-state index in [1.54, 1.807) is 0 Å². The Hall–Kier alpha value is -1.06. The molecule has 1 atom stereocenters. The van der Waals surface area contributed by atoms with Crippen molar-refractivity contribution in [3.63, 3.8) is 0 Å². The van der Waals surface area contributed by atoms with Crippen molar-refractivity contribution in [2.45, 2.75) is 52.1 Å². The Morgan fingerprint density at radius 1 is 1.25 bits per heavy atom. The predicted octanol–water partition coefficient (Wildman–Crippen LogP) is 2.96. The molecule has 0 aliphatic carbocycles. The second kappa shape index (κ2) is 7.65. The first kappa shape index (κ1) is 17.0. The molecule has 0 fully saturated rings. The van der Waals surface area contributed by atoms with Crippen LogP contribution in [-0.4, -0.2) is 36.9 Å². The minimum atomic E-state index is -0.178. The van der Waals surface area contributed by atoms with Crippen LogP contribution in [0.15, 0.2) is 24.3 Å². The predicted molar refractivity (Wildman–Crippen MR) is 87.4 cm³/mol. The summed E-state index contributed by atoms with van der Waals surface area (Å²) in [6.45, 7) is 9.61. The Kier molecular flexibility index (Phi) is 6.50. The van der Waals surface area contributed by atoms with E-state index in [-0.39, 0.29) is 12.1 Å². The second-order valence-electron chi connectivity index (χ2n) is 6.38. The lowest BCUT2D eigenvalue weighted by molar-refractivity contribution is 0.155. The number of hydrogen-bond acceptors (Lipinski definition) is 3. The normalized spacial score (nSPS) is 14.3. The SMILES string of the molecule is Cc1ccc(N(C)CCCC(C)(CO)NC(C)C)cc1. The molecule has 3 nitrogen and oxygen atoms in total. The van der Waals surface area contributed by atoms with Crippen LogP contribution in [0.5, 0.6) is 0 Å². The number of aliphatic hydroxyl groups excluding tert-OH is 1. The monoisotopic (exact) mass is 278 g/mol. The number of rotatable bonds is 8. The highest BCUT2D eigenvalue weighted by atomic mass is 16.3. The fraction of sp³-hybridized carbons (Fsp3) is 0.647. The third-order valence-electron chi connectivity index (χ3n) is 3.68. The molecule has 1 aromatic carbocycles. The van der Waals surface area contributed by atoms with E-state index in [4.69, 9.17) is 0 Å². The fourth-order valence-electron chi connectivity index (χ4n) is 2.53. The molecule has 0 radical (unpaired) electrons. The third kappa shape index (κ3) is 5.51. The van der Waals surface area contributed by atoms with Crippen molar-refractivity contribution in [2.75, 3.05) is 25.1 Å². The van der Waals surface area contributed by atoms with Gasteiger partial charge in [-0.05, 0) is 38.8 Å². The van der Waals surface area contributed by atoms with Gasteiger partial charge in [0.2, 0.25) is 0 Å². The van der Waals surface area contributed by atoms with Gasteiger partial charge in [-0.15, -0.1) is 0 Å². The third-order valence-corrected chi connectivity index (χ3v) is 3.68. The first-order chi connectivity index (χ1) is 9.36. The van der Waals surface area contributed by atoms with Crippen LogP contribution in [-0.2, 0) is 0 Å². The van der Waals surface area contributed by atoms with Gasteiger partial charge in [0.25, 0.3) is 0 Å². The van der Waals surface area contributed by atoms with E-state index in [0.29, 0.717) is 6.04 Å². The number of hydrogen-bond donors (Lipinski definition) is 2. The van der Waals surface area contributed by atoms with Gasteiger partial charge in [-0.1, -0.05) is 31.5 Å². The Morgan fingerprint density at radius 2 is 1.85 bits per heavy atom. The van der Waals surface area contributed by atoms with Crippen LogP contribution < -0.4 is 10.2 Å². The van der Waals surface area contributed by atoms with Gasteiger partial charge in [0, 0.05) is 30.9 Å². The molecule has 1 aromatic rings. The Labute approximate surface area is 124 Å². The van der Waals surface area contributed by atoms with Crippen molar-refractivity contribution < 1.29 is 5.11 Å². The van der Waals surface area contributed by atoms with Crippen LogP contribution in [0.25, 0.3) is 0 Å². The van der Waals surface area contributed by atoms with E-state index in [0.717, 1.165) is 19.4 Å². The van der Waals surface area contributed by atoms with Crippen LogP contribution in [0.3, 0.4) is 0 Å². The maximum Gasteiger partial charge on any atom is 0.0610 e. The molecule has 0 aliphatic rings.